The van der Waals surface area contributed by atoms with Gasteiger partial charge in [-0.2, -0.15) is 0 Å². The molecule has 0 aliphatic heterocycles. The van der Waals surface area contributed by atoms with E-state index >= 15 is 0 Å². The number of hydrogen-bond donors (Lipinski definition) is 3. The summed E-state index contributed by atoms with van der Waals surface area (Å²) in [5.74, 6) is -0.831. The fraction of sp³-hybridized carbons (Fsp3) is 0.385. The van der Waals surface area contributed by atoms with Crippen LogP contribution in [0.15, 0.2) is 16.6 Å². The van der Waals surface area contributed by atoms with Gasteiger partial charge in [-0.05, 0) is 18.1 Å². The Morgan fingerprint density at radius 3 is 2.29 bits per heavy atom. The van der Waals surface area contributed by atoms with E-state index in [2.05, 4.69) is 26.6 Å². The molecule has 5 nitrogen and oxygen atoms in total. The van der Waals surface area contributed by atoms with Gasteiger partial charge in [0.1, 0.15) is 0 Å². The predicted molar refractivity (Wildman–Crippen MR) is 88.6 cm³/mol. The van der Waals surface area contributed by atoms with Gasteiger partial charge in [0.15, 0.2) is 0 Å². The SMILES string of the molecule is CC(C)[C@H](N)C(=O)NCC(=O)Nc1c(Cl)cc(Br)cc1Cl. The molecule has 1 aromatic carbocycles. The molecular weight excluding hydrogens is 381 g/mol. The summed E-state index contributed by atoms with van der Waals surface area (Å²) in [6.07, 6.45) is 0. The number of halogens is 3. The van der Waals surface area contributed by atoms with Crippen LogP contribution in [0.25, 0.3) is 0 Å². The number of nitrogens with two attached hydrogens (primary N) is 1. The number of amides is 2. The van der Waals surface area contributed by atoms with Crippen molar-refractivity contribution in [1.82, 2.24) is 5.32 Å². The van der Waals surface area contributed by atoms with Gasteiger partial charge in [0, 0.05) is 4.47 Å². The van der Waals surface area contributed by atoms with Crippen molar-refractivity contribution < 1.29 is 9.59 Å². The van der Waals surface area contributed by atoms with E-state index in [1.807, 2.05) is 13.8 Å². The Kier molecular flexibility index (Phi) is 6.93. The highest BCUT2D eigenvalue weighted by Crippen LogP contribution is 2.33. The van der Waals surface area contributed by atoms with Crippen LogP contribution in [0.4, 0.5) is 5.69 Å². The fourth-order valence-electron chi connectivity index (χ4n) is 1.43. The Morgan fingerprint density at radius 1 is 1.29 bits per heavy atom. The van der Waals surface area contributed by atoms with E-state index in [-0.39, 0.29) is 18.4 Å². The van der Waals surface area contributed by atoms with Crippen molar-refractivity contribution in [3.8, 4) is 0 Å². The quantitative estimate of drug-likeness (QED) is 0.715. The highest BCUT2D eigenvalue weighted by molar-refractivity contribution is 9.10. The van der Waals surface area contributed by atoms with E-state index in [4.69, 9.17) is 28.9 Å². The third-order valence-electron chi connectivity index (χ3n) is 2.72. The van der Waals surface area contributed by atoms with E-state index in [0.717, 1.165) is 0 Å². The topological polar surface area (TPSA) is 84.2 Å². The Bertz CT molecular complexity index is 529. The highest BCUT2D eigenvalue weighted by Gasteiger charge is 2.18. The Balaban J connectivity index is 2.61. The third-order valence-corrected chi connectivity index (χ3v) is 3.77. The Labute approximate surface area is 141 Å². The first-order valence-corrected chi connectivity index (χ1v) is 7.75. The minimum absolute atomic E-state index is 0.0107. The van der Waals surface area contributed by atoms with Gasteiger partial charge in [0.05, 0.1) is 28.3 Å². The molecule has 1 atom stereocenters. The maximum Gasteiger partial charge on any atom is 0.243 e. The molecule has 2 amide bonds. The molecule has 0 bridgehead atoms. The van der Waals surface area contributed by atoms with Gasteiger partial charge in [-0.25, -0.2) is 0 Å². The smallest absolute Gasteiger partial charge is 0.243 e. The lowest BCUT2D eigenvalue weighted by Gasteiger charge is -2.15. The first kappa shape index (κ1) is 18.2. The maximum atomic E-state index is 11.8. The summed E-state index contributed by atoms with van der Waals surface area (Å²) in [6.45, 7) is 3.44. The molecule has 0 aliphatic rings. The van der Waals surface area contributed by atoms with Crippen LogP contribution in [0.1, 0.15) is 13.8 Å². The molecule has 0 saturated carbocycles. The number of carbonyl (C=O) groups is 2. The van der Waals surface area contributed by atoms with Crippen molar-refractivity contribution in [2.24, 2.45) is 11.7 Å². The van der Waals surface area contributed by atoms with Crippen LogP contribution in [0.5, 0.6) is 0 Å². The largest absolute Gasteiger partial charge is 0.346 e. The molecule has 116 valence electrons. The first-order chi connectivity index (χ1) is 9.72. The molecule has 0 radical (unpaired) electrons. The van der Waals surface area contributed by atoms with Crippen molar-refractivity contribution in [2.45, 2.75) is 19.9 Å². The second-order valence-corrected chi connectivity index (χ2v) is 6.51. The lowest BCUT2D eigenvalue weighted by molar-refractivity contribution is -0.125. The standard InChI is InChI=1S/C13H16BrCl2N3O2/c1-6(2)11(17)13(21)18-5-10(20)19-12-8(15)3-7(14)4-9(12)16/h3-4,6,11H,5,17H2,1-2H3,(H,18,21)(H,19,20)/t11-/m0/s1. The van der Waals surface area contributed by atoms with Gasteiger partial charge < -0.3 is 16.4 Å². The molecule has 1 aromatic rings. The van der Waals surface area contributed by atoms with Gasteiger partial charge in [0.25, 0.3) is 0 Å². The van der Waals surface area contributed by atoms with Gasteiger partial charge in [-0.1, -0.05) is 53.0 Å². The highest BCUT2D eigenvalue weighted by atomic mass is 79.9. The summed E-state index contributed by atoms with van der Waals surface area (Å²) >= 11 is 15.2. The van der Waals surface area contributed by atoms with Gasteiger partial charge >= 0.3 is 0 Å². The summed E-state index contributed by atoms with van der Waals surface area (Å²) in [5.41, 5.74) is 5.97. The molecule has 4 N–H and O–H groups in total. The summed E-state index contributed by atoms with van der Waals surface area (Å²) in [6, 6.07) is 2.56. The van der Waals surface area contributed by atoms with Crippen molar-refractivity contribution in [3.05, 3.63) is 26.7 Å². The van der Waals surface area contributed by atoms with Crippen LogP contribution in [-0.4, -0.2) is 24.4 Å². The molecule has 0 saturated heterocycles. The van der Waals surface area contributed by atoms with E-state index in [0.29, 0.717) is 20.2 Å². The molecule has 0 spiro atoms. The Hall–Kier alpha value is -0.820. The third kappa shape index (κ3) is 5.47. The lowest BCUT2D eigenvalue weighted by atomic mass is 10.1. The molecule has 8 heteroatoms. The second kappa shape index (κ2) is 7.98. The van der Waals surface area contributed by atoms with E-state index < -0.39 is 11.9 Å². The number of hydrogen-bond acceptors (Lipinski definition) is 3. The van der Waals surface area contributed by atoms with Gasteiger partial charge in [-0.3, -0.25) is 9.59 Å². The Morgan fingerprint density at radius 2 is 1.81 bits per heavy atom. The average Bonchev–Trinajstić information content (AvgIpc) is 2.39. The van der Waals surface area contributed by atoms with Crippen molar-refractivity contribution in [3.63, 3.8) is 0 Å². The molecule has 0 unspecified atom stereocenters. The minimum Gasteiger partial charge on any atom is -0.346 e. The summed E-state index contributed by atoms with van der Waals surface area (Å²) in [7, 11) is 0. The van der Waals surface area contributed by atoms with Gasteiger partial charge in [-0.15, -0.1) is 0 Å². The van der Waals surface area contributed by atoms with Gasteiger partial charge in [0.2, 0.25) is 11.8 Å². The van der Waals surface area contributed by atoms with E-state index in [9.17, 15) is 9.59 Å². The molecule has 0 aliphatic carbocycles. The summed E-state index contributed by atoms with van der Waals surface area (Å²) < 4.78 is 0.701. The van der Waals surface area contributed by atoms with Crippen LogP contribution in [0, 0.1) is 5.92 Å². The monoisotopic (exact) mass is 395 g/mol. The summed E-state index contributed by atoms with van der Waals surface area (Å²) in [4.78, 5) is 23.4. The van der Waals surface area contributed by atoms with E-state index in [1.54, 1.807) is 12.1 Å². The molecule has 0 fully saturated rings. The fourth-order valence-corrected chi connectivity index (χ4v) is 2.74. The zero-order valence-electron chi connectivity index (χ0n) is 11.5. The molecule has 21 heavy (non-hydrogen) atoms. The van der Waals surface area contributed by atoms with Crippen LogP contribution in [0.2, 0.25) is 10.0 Å². The number of anilines is 1. The molecule has 1 rings (SSSR count). The van der Waals surface area contributed by atoms with Crippen molar-refractivity contribution >= 4 is 56.6 Å². The zero-order valence-corrected chi connectivity index (χ0v) is 14.6. The molecule has 0 aromatic heterocycles. The van der Waals surface area contributed by atoms with E-state index in [1.165, 1.54) is 0 Å². The maximum absolute atomic E-state index is 11.8. The second-order valence-electron chi connectivity index (χ2n) is 4.78. The zero-order chi connectivity index (χ0) is 16.2. The summed E-state index contributed by atoms with van der Waals surface area (Å²) in [5, 5.41) is 5.61. The van der Waals surface area contributed by atoms with Crippen LogP contribution < -0.4 is 16.4 Å². The number of rotatable bonds is 5. The molecule has 0 heterocycles. The van der Waals surface area contributed by atoms with Crippen molar-refractivity contribution in [1.29, 1.82) is 0 Å². The first-order valence-electron chi connectivity index (χ1n) is 6.20. The number of carbonyl (C=O) groups excluding carboxylic acids is 2. The lowest BCUT2D eigenvalue weighted by Crippen LogP contribution is -2.46. The number of benzene rings is 1. The van der Waals surface area contributed by atoms with Crippen LogP contribution in [-0.2, 0) is 9.59 Å². The van der Waals surface area contributed by atoms with Crippen LogP contribution >= 0.6 is 39.1 Å². The average molecular weight is 397 g/mol. The van der Waals surface area contributed by atoms with Crippen molar-refractivity contribution in [2.75, 3.05) is 11.9 Å². The number of nitrogens with one attached hydrogen (secondary N) is 2. The molecular formula is C13H16BrCl2N3O2. The van der Waals surface area contributed by atoms with Crippen LogP contribution in [0.3, 0.4) is 0 Å². The predicted octanol–water partition coefficient (Wildman–Crippen LogP) is 2.79. The minimum atomic E-state index is -0.655. The normalized spacial score (nSPS) is 12.1.